The molecule has 1 aliphatic rings. The molecule has 0 bridgehead atoms. The quantitative estimate of drug-likeness (QED) is 0.175. The molecule has 13 nitrogen and oxygen atoms in total. The summed E-state index contributed by atoms with van der Waals surface area (Å²) in [6.07, 6.45) is -1.52. The van der Waals surface area contributed by atoms with E-state index >= 15 is 0 Å². The fourth-order valence-electron chi connectivity index (χ4n) is 4.04. The number of urea groups is 1. The van der Waals surface area contributed by atoms with E-state index in [1.54, 1.807) is 64.1 Å². The first kappa shape index (κ1) is 32.6. The minimum absolute atomic E-state index is 0.0624. The summed E-state index contributed by atoms with van der Waals surface area (Å²) in [7, 11) is 0. The van der Waals surface area contributed by atoms with E-state index in [1.165, 1.54) is 12.1 Å². The summed E-state index contributed by atoms with van der Waals surface area (Å²) >= 11 is 0. The number of esters is 1. The normalized spacial score (nSPS) is 12.3. The highest BCUT2D eigenvalue weighted by Gasteiger charge is 2.41. The number of hydrogen-bond donors (Lipinski definition) is 1. The number of rotatable bonds is 11. The fraction of sp³-hybridized carbons (Fsp3) is 0.400. The molecule has 0 saturated heterocycles. The summed E-state index contributed by atoms with van der Waals surface area (Å²) in [5.41, 5.74) is 0.111. The van der Waals surface area contributed by atoms with Gasteiger partial charge in [-0.25, -0.2) is 24.3 Å². The number of hydrogen-bond acceptors (Lipinski definition) is 9. The van der Waals surface area contributed by atoms with Crippen molar-refractivity contribution < 1.29 is 43.0 Å². The number of fused-ring (bicyclic) bond motifs is 1. The molecule has 0 unspecified atom stereocenters. The second-order valence-corrected chi connectivity index (χ2v) is 10.4. The lowest BCUT2D eigenvalue weighted by Gasteiger charge is -2.30. The predicted molar refractivity (Wildman–Crippen MR) is 152 cm³/mol. The highest BCUT2D eigenvalue weighted by Crippen LogP contribution is 2.24. The van der Waals surface area contributed by atoms with Gasteiger partial charge < -0.3 is 19.5 Å². The highest BCUT2D eigenvalue weighted by molar-refractivity contribution is 6.21. The van der Waals surface area contributed by atoms with Crippen molar-refractivity contribution >= 4 is 36.0 Å². The van der Waals surface area contributed by atoms with Crippen molar-refractivity contribution in [2.75, 3.05) is 26.2 Å². The molecule has 0 atom stereocenters. The Bertz CT molecular complexity index is 1310. The van der Waals surface area contributed by atoms with Crippen LogP contribution in [0.4, 0.5) is 14.4 Å². The Morgan fingerprint density at radius 3 is 1.98 bits per heavy atom. The maximum Gasteiger partial charge on any atom is 0.419 e. The molecule has 1 aliphatic heterocycles. The van der Waals surface area contributed by atoms with Crippen molar-refractivity contribution in [3.63, 3.8) is 0 Å². The zero-order valence-electron chi connectivity index (χ0n) is 24.7. The topological polar surface area (TPSA) is 152 Å². The largest absolute Gasteiger partial charge is 0.465 e. The van der Waals surface area contributed by atoms with Gasteiger partial charge in [0.25, 0.3) is 11.8 Å². The third-order valence-electron chi connectivity index (χ3n) is 5.98. The van der Waals surface area contributed by atoms with E-state index in [0.29, 0.717) is 5.01 Å². The van der Waals surface area contributed by atoms with Gasteiger partial charge in [-0.1, -0.05) is 42.5 Å². The standard InChI is InChI=1S/C30H36N4O9/c1-5-41-24(35)19-31-27(38)33(34-25(36)22-15-9-10-16-23(22)26(34)37)18-12-11-17-32(29(40)43-30(2,3)4)28(39)42-20-21-13-7-6-8-14-21/h6-10,13-16H,5,11-12,17-20H2,1-4H3,(H,31,38). The van der Waals surface area contributed by atoms with Crippen molar-refractivity contribution in [3.05, 3.63) is 71.3 Å². The smallest absolute Gasteiger partial charge is 0.419 e. The van der Waals surface area contributed by atoms with Gasteiger partial charge in [-0.05, 0) is 58.2 Å². The summed E-state index contributed by atoms with van der Waals surface area (Å²) in [4.78, 5) is 77.7. The van der Waals surface area contributed by atoms with Gasteiger partial charge in [0.15, 0.2) is 0 Å². The van der Waals surface area contributed by atoms with Gasteiger partial charge >= 0.3 is 24.2 Å². The van der Waals surface area contributed by atoms with Crippen LogP contribution in [0.2, 0.25) is 0 Å². The summed E-state index contributed by atoms with van der Waals surface area (Å²) < 4.78 is 15.5. The summed E-state index contributed by atoms with van der Waals surface area (Å²) in [5, 5.41) is 3.98. The predicted octanol–water partition coefficient (Wildman–Crippen LogP) is 4.13. The summed E-state index contributed by atoms with van der Waals surface area (Å²) in [5.74, 6) is -2.10. The minimum Gasteiger partial charge on any atom is -0.465 e. The van der Waals surface area contributed by atoms with Crippen molar-refractivity contribution in [1.82, 2.24) is 20.2 Å². The Labute approximate surface area is 249 Å². The van der Waals surface area contributed by atoms with Crippen molar-refractivity contribution in [2.24, 2.45) is 0 Å². The van der Waals surface area contributed by atoms with E-state index in [9.17, 15) is 28.8 Å². The molecule has 3 rings (SSSR count). The SMILES string of the molecule is CCOC(=O)CNC(=O)N(CCCCN(C(=O)OCc1ccccc1)C(=O)OC(C)(C)C)N1C(=O)c2ccccc2C1=O. The van der Waals surface area contributed by atoms with Gasteiger partial charge in [0.05, 0.1) is 17.7 Å². The van der Waals surface area contributed by atoms with Crippen LogP contribution >= 0.6 is 0 Å². The molecule has 0 radical (unpaired) electrons. The Morgan fingerprint density at radius 1 is 0.814 bits per heavy atom. The molecule has 0 aromatic heterocycles. The lowest BCUT2D eigenvalue weighted by Crippen LogP contribution is -2.54. The maximum atomic E-state index is 13.1. The van der Waals surface area contributed by atoms with Gasteiger partial charge in [0.1, 0.15) is 18.8 Å². The first-order valence-corrected chi connectivity index (χ1v) is 13.8. The lowest BCUT2D eigenvalue weighted by molar-refractivity contribution is -0.141. The molecule has 0 spiro atoms. The second-order valence-electron chi connectivity index (χ2n) is 10.4. The van der Waals surface area contributed by atoms with Gasteiger partial charge in [-0.2, -0.15) is 5.01 Å². The van der Waals surface area contributed by atoms with E-state index in [1.807, 2.05) is 6.07 Å². The minimum atomic E-state index is -0.914. The molecular formula is C30H36N4O9. The highest BCUT2D eigenvalue weighted by atomic mass is 16.6. The van der Waals surface area contributed by atoms with E-state index in [4.69, 9.17) is 14.2 Å². The first-order valence-electron chi connectivity index (χ1n) is 13.8. The molecule has 6 amide bonds. The molecule has 0 fully saturated rings. The van der Waals surface area contributed by atoms with Gasteiger partial charge in [-0.3, -0.25) is 14.4 Å². The molecule has 1 N–H and O–H groups in total. The van der Waals surface area contributed by atoms with Crippen LogP contribution in [0.3, 0.4) is 0 Å². The molecule has 2 aromatic carbocycles. The average molecular weight is 597 g/mol. The van der Waals surface area contributed by atoms with Crippen molar-refractivity contribution in [1.29, 1.82) is 0 Å². The number of ether oxygens (including phenoxy) is 3. The number of benzene rings is 2. The van der Waals surface area contributed by atoms with Gasteiger partial charge in [0.2, 0.25) is 0 Å². The van der Waals surface area contributed by atoms with Crippen molar-refractivity contribution in [2.45, 2.75) is 52.7 Å². The summed E-state index contributed by atoms with van der Waals surface area (Å²) in [6, 6.07) is 14.2. The molecule has 2 aromatic rings. The van der Waals surface area contributed by atoms with Crippen molar-refractivity contribution in [3.8, 4) is 0 Å². The zero-order valence-corrected chi connectivity index (χ0v) is 24.7. The average Bonchev–Trinajstić information content (AvgIpc) is 3.21. The van der Waals surface area contributed by atoms with Crippen LogP contribution in [0.25, 0.3) is 0 Å². The van der Waals surface area contributed by atoms with Crippen LogP contribution in [-0.2, 0) is 25.6 Å². The Morgan fingerprint density at radius 2 is 1.40 bits per heavy atom. The number of amides is 6. The fourth-order valence-corrected chi connectivity index (χ4v) is 4.04. The first-order chi connectivity index (χ1) is 20.4. The Kier molecular flexibility index (Phi) is 11.2. The lowest BCUT2D eigenvalue weighted by atomic mass is 10.1. The summed E-state index contributed by atoms with van der Waals surface area (Å²) in [6.45, 7) is 5.86. The van der Waals surface area contributed by atoms with E-state index in [2.05, 4.69) is 5.32 Å². The maximum absolute atomic E-state index is 13.1. The molecular weight excluding hydrogens is 560 g/mol. The molecule has 13 heteroatoms. The van der Waals surface area contributed by atoms with Crippen LogP contribution in [0, 0.1) is 0 Å². The number of imide groups is 2. The Hall–Kier alpha value is -4.94. The molecule has 230 valence electrons. The van der Waals surface area contributed by atoms with Crippen LogP contribution < -0.4 is 5.32 Å². The van der Waals surface area contributed by atoms with E-state index < -0.39 is 48.1 Å². The van der Waals surface area contributed by atoms with Crippen LogP contribution in [0.1, 0.15) is 66.8 Å². The zero-order chi connectivity index (χ0) is 31.6. The van der Waals surface area contributed by atoms with Gasteiger partial charge in [-0.15, -0.1) is 0 Å². The van der Waals surface area contributed by atoms with E-state index in [-0.39, 0.29) is 50.3 Å². The molecule has 0 aliphatic carbocycles. The number of hydrazine groups is 1. The molecule has 0 saturated carbocycles. The second kappa shape index (κ2) is 14.8. The van der Waals surface area contributed by atoms with Crippen LogP contribution in [0.5, 0.6) is 0 Å². The molecule has 43 heavy (non-hydrogen) atoms. The number of nitrogens with one attached hydrogen (secondary N) is 1. The van der Waals surface area contributed by atoms with Crippen LogP contribution in [-0.4, -0.2) is 82.8 Å². The van der Waals surface area contributed by atoms with E-state index in [0.717, 1.165) is 15.5 Å². The number of unbranched alkanes of at least 4 members (excludes halogenated alkanes) is 1. The number of carbonyl (C=O) groups excluding carboxylic acids is 6. The number of carbonyl (C=O) groups is 6. The third-order valence-corrected chi connectivity index (χ3v) is 5.98. The monoisotopic (exact) mass is 596 g/mol. The van der Waals surface area contributed by atoms with Crippen LogP contribution in [0.15, 0.2) is 54.6 Å². The third kappa shape index (κ3) is 9.02. The molecule has 1 heterocycles. The van der Waals surface area contributed by atoms with Gasteiger partial charge in [0, 0.05) is 13.1 Å². The Balaban J connectivity index is 1.70. The number of nitrogens with zero attached hydrogens (tertiary/aromatic N) is 3.